The van der Waals surface area contributed by atoms with Crippen LogP contribution in [0.4, 0.5) is 15.9 Å². The topological polar surface area (TPSA) is 100.0 Å². The van der Waals surface area contributed by atoms with Crippen molar-refractivity contribution in [2.75, 3.05) is 18.1 Å². The van der Waals surface area contributed by atoms with Gasteiger partial charge in [-0.1, -0.05) is 18.2 Å². The van der Waals surface area contributed by atoms with Crippen LogP contribution in [0.25, 0.3) is 22.5 Å². The fraction of sp³-hybridized carbons (Fsp3) is 0.0800. The Morgan fingerprint density at radius 1 is 0.971 bits per heavy atom. The number of nitrogens with one attached hydrogen (secondary N) is 1. The summed E-state index contributed by atoms with van der Waals surface area (Å²) in [6.45, 7) is 0.221. The smallest absolute Gasteiger partial charge is 0.339 e. The van der Waals surface area contributed by atoms with E-state index in [4.69, 9.17) is 10.5 Å². The van der Waals surface area contributed by atoms with Gasteiger partial charge in [0.15, 0.2) is 11.5 Å². The van der Waals surface area contributed by atoms with Gasteiger partial charge in [0, 0.05) is 12.7 Å². The standard InChI is InChI=1S/C25H21FN6O2/c1-28-18-6-3-7-20(13-18)32-24-22(23(27)29-15-30-24)31(25(32)33)19-8-10-21(11-9-19)34-14-16-4-2-5-17(26)12-16/h2-13,15,28H,14H2,1H3,(H2,27,29,30). The molecule has 5 aromatic rings. The number of rotatable bonds is 6. The molecule has 0 fully saturated rings. The molecule has 3 N–H and O–H groups in total. The van der Waals surface area contributed by atoms with Gasteiger partial charge in [0.25, 0.3) is 0 Å². The average Bonchev–Trinajstić information content (AvgIpc) is 3.16. The zero-order valence-corrected chi connectivity index (χ0v) is 18.3. The minimum atomic E-state index is -0.330. The molecule has 0 unspecified atom stereocenters. The maximum Gasteiger partial charge on any atom is 0.339 e. The first-order valence-corrected chi connectivity index (χ1v) is 10.5. The molecule has 0 bridgehead atoms. The number of ether oxygens (including phenoxy) is 1. The lowest BCUT2D eigenvalue weighted by Gasteiger charge is -2.08. The number of hydrogen-bond acceptors (Lipinski definition) is 6. The number of anilines is 2. The van der Waals surface area contributed by atoms with Gasteiger partial charge in [0.2, 0.25) is 0 Å². The Labute approximate surface area is 194 Å². The summed E-state index contributed by atoms with van der Waals surface area (Å²) in [4.78, 5) is 22.0. The molecule has 0 spiro atoms. The Bertz CT molecular complexity index is 1540. The van der Waals surface area contributed by atoms with Crippen LogP contribution < -0.4 is 21.5 Å². The molecular weight excluding hydrogens is 435 g/mol. The number of halogens is 1. The second kappa shape index (κ2) is 8.70. The van der Waals surface area contributed by atoms with Gasteiger partial charge >= 0.3 is 5.69 Å². The van der Waals surface area contributed by atoms with Crippen LogP contribution in [-0.2, 0) is 6.61 Å². The van der Waals surface area contributed by atoms with Crippen LogP contribution in [0, 0.1) is 5.82 Å². The predicted octanol–water partition coefficient (Wildman–Crippen LogP) is 3.91. The van der Waals surface area contributed by atoms with Crippen LogP contribution in [0.5, 0.6) is 5.75 Å². The summed E-state index contributed by atoms with van der Waals surface area (Å²) >= 11 is 0. The van der Waals surface area contributed by atoms with Crippen LogP contribution in [-0.4, -0.2) is 26.1 Å². The van der Waals surface area contributed by atoms with Gasteiger partial charge in [-0.15, -0.1) is 0 Å². The maximum atomic E-state index is 13.6. The Hall–Kier alpha value is -4.66. The second-order valence-corrected chi connectivity index (χ2v) is 7.60. The van der Waals surface area contributed by atoms with E-state index in [0.717, 1.165) is 11.3 Å². The third-order valence-electron chi connectivity index (χ3n) is 5.43. The highest BCUT2D eigenvalue weighted by Crippen LogP contribution is 2.25. The van der Waals surface area contributed by atoms with Crippen molar-refractivity contribution in [1.29, 1.82) is 0 Å². The Morgan fingerprint density at radius 3 is 2.53 bits per heavy atom. The third-order valence-corrected chi connectivity index (χ3v) is 5.43. The van der Waals surface area contributed by atoms with E-state index in [9.17, 15) is 9.18 Å². The first-order valence-electron chi connectivity index (χ1n) is 10.5. The fourth-order valence-electron chi connectivity index (χ4n) is 3.80. The molecule has 170 valence electrons. The minimum Gasteiger partial charge on any atom is -0.489 e. The molecule has 0 aliphatic rings. The van der Waals surface area contributed by atoms with Crippen molar-refractivity contribution in [3.8, 4) is 17.1 Å². The molecular formula is C25H21FN6O2. The molecule has 5 rings (SSSR count). The van der Waals surface area contributed by atoms with Crippen molar-refractivity contribution in [3.63, 3.8) is 0 Å². The molecule has 2 aromatic heterocycles. The number of aromatic nitrogens is 4. The van der Waals surface area contributed by atoms with E-state index in [1.54, 1.807) is 36.4 Å². The van der Waals surface area contributed by atoms with Gasteiger partial charge in [-0.3, -0.25) is 4.57 Å². The lowest BCUT2D eigenvalue weighted by molar-refractivity contribution is 0.305. The Morgan fingerprint density at radius 2 is 1.76 bits per heavy atom. The summed E-state index contributed by atoms with van der Waals surface area (Å²) in [7, 11) is 1.81. The highest BCUT2D eigenvalue weighted by atomic mass is 19.1. The Balaban J connectivity index is 1.55. The fourth-order valence-corrected chi connectivity index (χ4v) is 3.80. The van der Waals surface area contributed by atoms with Gasteiger partial charge in [-0.2, -0.15) is 0 Å². The zero-order valence-electron chi connectivity index (χ0n) is 18.3. The lowest BCUT2D eigenvalue weighted by Crippen LogP contribution is -2.22. The van der Waals surface area contributed by atoms with Crippen LogP contribution in [0.3, 0.4) is 0 Å². The molecule has 9 heteroatoms. The van der Waals surface area contributed by atoms with Crippen molar-refractivity contribution in [2.45, 2.75) is 6.61 Å². The predicted molar refractivity (Wildman–Crippen MR) is 129 cm³/mol. The summed E-state index contributed by atoms with van der Waals surface area (Å²) in [6.07, 6.45) is 1.34. The normalized spacial score (nSPS) is 11.0. The number of hydrogen-bond donors (Lipinski definition) is 2. The van der Waals surface area contributed by atoms with E-state index in [-0.39, 0.29) is 23.9 Å². The number of imidazole rings is 1. The summed E-state index contributed by atoms with van der Waals surface area (Å²) in [5, 5.41) is 3.07. The zero-order chi connectivity index (χ0) is 23.7. The number of fused-ring (bicyclic) bond motifs is 1. The maximum absolute atomic E-state index is 13.6. The molecule has 0 saturated heterocycles. The largest absolute Gasteiger partial charge is 0.489 e. The molecule has 3 aromatic carbocycles. The van der Waals surface area contributed by atoms with E-state index in [0.29, 0.717) is 28.3 Å². The SMILES string of the molecule is CNc1cccc(-n2c(=O)n(-c3ccc(OCc4cccc(F)c4)cc3)c3c(N)ncnc32)c1. The molecule has 0 aliphatic heterocycles. The van der Waals surface area contributed by atoms with Crippen molar-refractivity contribution in [3.05, 3.63) is 101 Å². The summed E-state index contributed by atoms with van der Waals surface area (Å²) in [5.41, 5.74) is 9.46. The molecule has 0 radical (unpaired) electrons. The highest BCUT2D eigenvalue weighted by molar-refractivity contribution is 5.85. The van der Waals surface area contributed by atoms with Crippen LogP contribution in [0.15, 0.2) is 83.9 Å². The molecule has 34 heavy (non-hydrogen) atoms. The molecule has 0 saturated carbocycles. The first-order chi connectivity index (χ1) is 16.5. The van der Waals surface area contributed by atoms with Gasteiger partial charge in [-0.05, 0) is 60.2 Å². The minimum absolute atomic E-state index is 0.192. The summed E-state index contributed by atoms with van der Waals surface area (Å²) in [6, 6.07) is 20.7. The van der Waals surface area contributed by atoms with Crippen molar-refractivity contribution < 1.29 is 9.13 Å². The van der Waals surface area contributed by atoms with Crippen LogP contribution in [0.1, 0.15) is 5.56 Å². The van der Waals surface area contributed by atoms with Crippen molar-refractivity contribution >= 4 is 22.7 Å². The summed E-state index contributed by atoms with van der Waals surface area (Å²) in [5.74, 6) is 0.458. The third kappa shape index (κ3) is 3.83. The van der Waals surface area contributed by atoms with Gasteiger partial charge in [-0.25, -0.2) is 23.7 Å². The van der Waals surface area contributed by atoms with E-state index >= 15 is 0 Å². The van der Waals surface area contributed by atoms with E-state index in [2.05, 4.69) is 15.3 Å². The molecule has 0 aliphatic carbocycles. The molecule has 0 amide bonds. The van der Waals surface area contributed by atoms with E-state index in [1.807, 2.05) is 31.3 Å². The lowest BCUT2D eigenvalue weighted by atomic mass is 10.2. The van der Waals surface area contributed by atoms with Crippen molar-refractivity contribution in [1.82, 2.24) is 19.1 Å². The van der Waals surface area contributed by atoms with Crippen LogP contribution >= 0.6 is 0 Å². The number of nitrogens with two attached hydrogens (primary N) is 1. The van der Waals surface area contributed by atoms with Crippen molar-refractivity contribution in [2.24, 2.45) is 0 Å². The summed E-state index contributed by atoms with van der Waals surface area (Å²) < 4.78 is 22.1. The van der Waals surface area contributed by atoms with Gasteiger partial charge in [0.05, 0.1) is 11.4 Å². The van der Waals surface area contributed by atoms with Gasteiger partial charge < -0.3 is 15.8 Å². The second-order valence-electron chi connectivity index (χ2n) is 7.60. The number of nitrogen functional groups attached to an aromatic ring is 1. The molecule has 8 nitrogen and oxygen atoms in total. The van der Waals surface area contributed by atoms with Crippen LogP contribution in [0.2, 0.25) is 0 Å². The average molecular weight is 456 g/mol. The van der Waals surface area contributed by atoms with E-state index in [1.165, 1.54) is 27.6 Å². The number of nitrogens with zero attached hydrogens (tertiary/aromatic N) is 4. The van der Waals surface area contributed by atoms with Gasteiger partial charge in [0.1, 0.15) is 30.0 Å². The molecule has 0 atom stereocenters. The first kappa shape index (κ1) is 21.2. The number of benzene rings is 3. The van der Waals surface area contributed by atoms with E-state index < -0.39 is 0 Å². The quantitative estimate of drug-likeness (QED) is 0.402. The Kier molecular flexibility index (Phi) is 5.43. The monoisotopic (exact) mass is 456 g/mol. The highest BCUT2D eigenvalue weighted by Gasteiger charge is 2.20. The molecule has 2 heterocycles.